The van der Waals surface area contributed by atoms with Crippen molar-refractivity contribution in [3.05, 3.63) is 17.8 Å². The first-order valence-corrected chi connectivity index (χ1v) is 4.67. The van der Waals surface area contributed by atoms with E-state index in [2.05, 4.69) is 10.3 Å². The number of hydrogen-bond acceptors (Lipinski definition) is 4. The molecule has 1 fully saturated rings. The van der Waals surface area contributed by atoms with E-state index in [0.29, 0.717) is 18.4 Å². The third kappa shape index (κ3) is 2.32. The van der Waals surface area contributed by atoms with Crippen LogP contribution in [0.5, 0.6) is 0 Å². The molecule has 1 aliphatic rings. The number of rotatable bonds is 5. The van der Waals surface area contributed by atoms with Crippen molar-refractivity contribution in [3.63, 3.8) is 0 Å². The molecule has 1 aromatic heterocycles. The lowest BCUT2D eigenvalue weighted by Crippen LogP contribution is -2.19. The Hall–Kier alpha value is -1.36. The van der Waals surface area contributed by atoms with Gasteiger partial charge in [-0.2, -0.15) is 0 Å². The number of carbonyl (C=O) groups is 1. The van der Waals surface area contributed by atoms with Gasteiger partial charge in [0.25, 0.3) is 0 Å². The van der Waals surface area contributed by atoms with Gasteiger partial charge >= 0.3 is 5.97 Å². The zero-order valence-corrected chi connectivity index (χ0v) is 7.69. The van der Waals surface area contributed by atoms with Crippen LogP contribution in [0.25, 0.3) is 0 Å². The van der Waals surface area contributed by atoms with Crippen molar-refractivity contribution in [1.29, 1.82) is 0 Å². The number of oxazole rings is 1. The minimum Gasteiger partial charge on any atom is -0.475 e. The molecule has 1 saturated carbocycles. The van der Waals surface area contributed by atoms with Gasteiger partial charge < -0.3 is 14.8 Å². The molecular weight excluding hydrogens is 184 g/mol. The summed E-state index contributed by atoms with van der Waals surface area (Å²) in [6, 6.07) is 0.656. The first kappa shape index (κ1) is 9.21. The first-order valence-electron chi connectivity index (χ1n) is 4.67. The highest BCUT2D eigenvalue weighted by Gasteiger charge is 2.20. The zero-order chi connectivity index (χ0) is 9.97. The first-order chi connectivity index (χ1) is 6.75. The number of carboxylic acid groups (broad SMARTS) is 1. The van der Waals surface area contributed by atoms with Gasteiger partial charge in [-0.1, -0.05) is 0 Å². The highest BCUT2D eigenvalue weighted by molar-refractivity contribution is 5.83. The molecule has 0 aromatic carbocycles. The van der Waals surface area contributed by atoms with Crippen LogP contribution in [0.4, 0.5) is 0 Å². The SMILES string of the molecule is O=C(O)c1cnc(CCNC2CC2)o1. The topological polar surface area (TPSA) is 75.4 Å². The average molecular weight is 196 g/mol. The molecule has 0 radical (unpaired) electrons. The molecule has 14 heavy (non-hydrogen) atoms. The molecule has 1 aromatic rings. The fourth-order valence-electron chi connectivity index (χ4n) is 1.20. The van der Waals surface area contributed by atoms with Crippen LogP contribution >= 0.6 is 0 Å². The summed E-state index contributed by atoms with van der Waals surface area (Å²) in [7, 11) is 0. The van der Waals surface area contributed by atoms with Gasteiger partial charge in [0.1, 0.15) is 0 Å². The Morgan fingerprint density at radius 1 is 1.71 bits per heavy atom. The van der Waals surface area contributed by atoms with Crippen LogP contribution in [0, 0.1) is 0 Å². The second kappa shape index (κ2) is 3.79. The van der Waals surface area contributed by atoms with Gasteiger partial charge in [-0.15, -0.1) is 0 Å². The van der Waals surface area contributed by atoms with E-state index in [1.54, 1.807) is 0 Å². The molecule has 0 unspecified atom stereocenters. The molecule has 1 heterocycles. The predicted octanol–water partition coefficient (Wildman–Crippen LogP) is 0.667. The van der Waals surface area contributed by atoms with Gasteiger partial charge in [0.15, 0.2) is 5.89 Å². The van der Waals surface area contributed by atoms with Crippen molar-refractivity contribution in [3.8, 4) is 0 Å². The summed E-state index contributed by atoms with van der Waals surface area (Å²) in [5.74, 6) is -0.680. The molecule has 0 saturated heterocycles. The molecule has 2 rings (SSSR count). The van der Waals surface area contributed by atoms with Gasteiger partial charge in [-0.05, 0) is 12.8 Å². The van der Waals surface area contributed by atoms with E-state index < -0.39 is 5.97 Å². The van der Waals surface area contributed by atoms with Crippen LogP contribution in [-0.2, 0) is 6.42 Å². The summed E-state index contributed by atoms with van der Waals surface area (Å²) < 4.78 is 5.00. The third-order valence-corrected chi connectivity index (χ3v) is 2.11. The number of nitrogens with zero attached hydrogens (tertiary/aromatic N) is 1. The molecule has 1 aliphatic carbocycles. The van der Waals surface area contributed by atoms with Crippen molar-refractivity contribution >= 4 is 5.97 Å². The number of aromatic carboxylic acids is 1. The maximum absolute atomic E-state index is 10.5. The fourth-order valence-corrected chi connectivity index (χ4v) is 1.20. The van der Waals surface area contributed by atoms with Crippen molar-refractivity contribution < 1.29 is 14.3 Å². The predicted molar refractivity (Wildman–Crippen MR) is 48.2 cm³/mol. The lowest BCUT2D eigenvalue weighted by molar-refractivity contribution is 0.0660. The molecule has 0 amide bonds. The van der Waals surface area contributed by atoms with E-state index in [-0.39, 0.29) is 5.76 Å². The maximum Gasteiger partial charge on any atom is 0.373 e. The Balaban J connectivity index is 1.79. The minimum atomic E-state index is -1.07. The van der Waals surface area contributed by atoms with Crippen molar-refractivity contribution in [2.24, 2.45) is 0 Å². The minimum absolute atomic E-state index is 0.0913. The average Bonchev–Trinajstić information content (AvgIpc) is 2.82. The summed E-state index contributed by atoms with van der Waals surface area (Å²) in [4.78, 5) is 14.3. The van der Waals surface area contributed by atoms with Crippen molar-refractivity contribution in [2.45, 2.75) is 25.3 Å². The zero-order valence-electron chi connectivity index (χ0n) is 7.69. The Kier molecular flexibility index (Phi) is 2.49. The molecule has 0 bridgehead atoms. The molecule has 5 heteroatoms. The van der Waals surface area contributed by atoms with Crippen LogP contribution in [0.1, 0.15) is 29.3 Å². The summed E-state index contributed by atoms with van der Waals surface area (Å²) in [6.45, 7) is 0.796. The van der Waals surface area contributed by atoms with Gasteiger partial charge in [0.2, 0.25) is 5.76 Å². The molecule has 0 aliphatic heterocycles. The second-order valence-corrected chi connectivity index (χ2v) is 3.40. The Labute approximate surface area is 81.1 Å². The van der Waals surface area contributed by atoms with Crippen molar-refractivity contribution in [2.75, 3.05) is 6.54 Å². The fraction of sp³-hybridized carbons (Fsp3) is 0.556. The number of carboxylic acids is 1. The van der Waals surface area contributed by atoms with Gasteiger partial charge in [0.05, 0.1) is 6.20 Å². The van der Waals surface area contributed by atoms with Crippen LogP contribution in [0.3, 0.4) is 0 Å². The molecule has 5 nitrogen and oxygen atoms in total. The van der Waals surface area contributed by atoms with E-state index in [0.717, 1.165) is 6.54 Å². The van der Waals surface area contributed by atoms with E-state index in [1.165, 1.54) is 19.0 Å². The van der Waals surface area contributed by atoms with E-state index in [4.69, 9.17) is 9.52 Å². The summed E-state index contributed by atoms with van der Waals surface area (Å²) >= 11 is 0. The largest absolute Gasteiger partial charge is 0.475 e. The molecular formula is C9H12N2O3. The van der Waals surface area contributed by atoms with Gasteiger partial charge in [0, 0.05) is 19.0 Å². The number of nitrogens with one attached hydrogen (secondary N) is 1. The van der Waals surface area contributed by atoms with Crippen LogP contribution in [-0.4, -0.2) is 28.6 Å². The second-order valence-electron chi connectivity index (χ2n) is 3.40. The van der Waals surface area contributed by atoms with E-state index >= 15 is 0 Å². The highest BCUT2D eigenvalue weighted by atomic mass is 16.4. The van der Waals surface area contributed by atoms with Crippen LogP contribution in [0.2, 0.25) is 0 Å². The van der Waals surface area contributed by atoms with Gasteiger partial charge in [-0.3, -0.25) is 0 Å². The van der Waals surface area contributed by atoms with Crippen LogP contribution in [0.15, 0.2) is 10.6 Å². The highest BCUT2D eigenvalue weighted by Crippen LogP contribution is 2.18. The number of hydrogen-bond donors (Lipinski definition) is 2. The molecule has 76 valence electrons. The Morgan fingerprint density at radius 3 is 3.07 bits per heavy atom. The Morgan fingerprint density at radius 2 is 2.50 bits per heavy atom. The quantitative estimate of drug-likeness (QED) is 0.723. The normalized spacial score (nSPS) is 15.7. The molecule has 2 N–H and O–H groups in total. The monoisotopic (exact) mass is 196 g/mol. The lowest BCUT2D eigenvalue weighted by Gasteiger charge is -1.97. The lowest BCUT2D eigenvalue weighted by atomic mass is 10.4. The third-order valence-electron chi connectivity index (χ3n) is 2.11. The van der Waals surface area contributed by atoms with Gasteiger partial charge in [-0.25, -0.2) is 9.78 Å². The van der Waals surface area contributed by atoms with Crippen molar-refractivity contribution in [1.82, 2.24) is 10.3 Å². The standard InChI is InChI=1S/C9H12N2O3/c12-9(13)7-5-11-8(14-7)3-4-10-6-1-2-6/h5-6,10H,1-4H2,(H,12,13). The summed E-state index contributed by atoms with van der Waals surface area (Å²) in [5.41, 5.74) is 0. The molecule has 0 atom stereocenters. The van der Waals surface area contributed by atoms with Crippen LogP contribution < -0.4 is 5.32 Å². The maximum atomic E-state index is 10.5. The Bertz CT molecular complexity index is 331. The number of aromatic nitrogens is 1. The van der Waals surface area contributed by atoms with E-state index in [9.17, 15) is 4.79 Å². The summed E-state index contributed by atoms with van der Waals surface area (Å²) in [5, 5.41) is 11.9. The summed E-state index contributed by atoms with van der Waals surface area (Å²) in [6.07, 6.45) is 4.37. The van der Waals surface area contributed by atoms with E-state index in [1.807, 2.05) is 0 Å². The molecule has 0 spiro atoms. The smallest absolute Gasteiger partial charge is 0.373 e.